The number of likely N-dealkylation sites (tertiary alicyclic amines) is 2. The van der Waals surface area contributed by atoms with Gasteiger partial charge in [0.1, 0.15) is 0 Å². The minimum atomic E-state index is -0.679. The first kappa shape index (κ1) is 28.9. The van der Waals surface area contributed by atoms with Crippen LogP contribution in [-0.2, 0) is 16.1 Å². The van der Waals surface area contributed by atoms with Crippen LogP contribution < -0.4 is 16.0 Å². The predicted octanol–water partition coefficient (Wildman–Crippen LogP) is 6.40. The number of rotatable bonds is 5. The summed E-state index contributed by atoms with van der Waals surface area (Å²) in [5.74, 6) is -1.21. The van der Waals surface area contributed by atoms with Crippen LogP contribution in [0.5, 0.6) is 0 Å². The van der Waals surface area contributed by atoms with Crippen molar-refractivity contribution in [1.82, 2.24) is 9.80 Å². The summed E-state index contributed by atoms with van der Waals surface area (Å²) in [7, 11) is 0. The Balaban J connectivity index is 1.18. The molecule has 2 saturated heterocycles. The van der Waals surface area contributed by atoms with Gasteiger partial charge in [-0.05, 0) is 80.3 Å². The second-order valence-electron chi connectivity index (χ2n) is 11.0. The predicted molar refractivity (Wildman–Crippen MR) is 163 cm³/mol. The number of hydrogen-bond donors (Lipinski definition) is 3. The van der Waals surface area contributed by atoms with Gasteiger partial charge in [0, 0.05) is 48.7 Å². The van der Waals surface area contributed by atoms with Crippen LogP contribution in [0.4, 0.5) is 21.9 Å². The van der Waals surface area contributed by atoms with Crippen LogP contribution in [0.2, 0.25) is 10.0 Å². The molecular formula is C31H33Cl2N5O3. The van der Waals surface area contributed by atoms with Crippen LogP contribution in [0.25, 0.3) is 0 Å². The van der Waals surface area contributed by atoms with Crippen molar-refractivity contribution < 1.29 is 14.4 Å². The molecule has 1 atom stereocenters. The van der Waals surface area contributed by atoms with E-state index in [9.17, 15) is 14.4 Å². The quantitative estimate of drug-likeness (QED) is 0.298. The Labute approximate surface area is 250 Å². The summed E-state index contributed by atoms with van der Waals surface area (Å²) in [6.07, 6.45) is 2.85. The summed E-state index contributed by atoms with van der Waals surface area (Å²) >= 11 is 12.3. The number of benzene rings is 3. The standard InChI is InChI=1S/C31H33Cl2N5O3/c1-21-8-10-24(35-30(41)34-23-6-3-2-4-7-23)17-27(21)36-28(39)29(40)38-14-5-12-31(20-38)13-15-37(19-31)18-22-9-11-25(32)26(33)16-22/h2-4,6-11,16-17H,5,12-15,18-20H2,1H3,(H,36,39)(H2,34,35,41). The molecule has 3 aromatic carbocycles. The van der Waals surface area contributed by atoms with Crippen LogP contribution in [0.1, 0.15) is 30.4 Å². The number of anilines is 3. The van der Waals surface area contributed by atoms with E-state index in [0.29, 0.717) is 40.2 Å². The fourth-order valence-corrected chi connectivity index (χ4v) is 6.06. The third kappa shape index (κ3) is 7.19. The summed E-state index contributed by atoms with van der Waals surface area (Å²) in [6.45, 7) is 5.49. The number of nitrogens with zero attached hydrogens (tertiary/aromatic N) is 2. The lowest BCUT2D eigenvalue weighted by Gasteiger charge is -2.40. The van der Waals surface area contributed by atoms with Crippen LogP contribution in [0.15, 0.2) is 66.7 Å². The third-order valence-electron chi connectivity index (χ3n) is 7.83. The molecule has 8 nitrogen and oxygen atoms in total. The molecule has 3 N–H and O–H groups in total. The Hall–Kier alpha value is -3.59. The van der Waals surface area contributed by atoms with E-state index in [-0.39, 0.29) is 5.41 Å². The molecule has 3 aromatic rings. The van der Waals surface area contributed by atoms with Gasteiger partial charge < -0.3 is 20.9 Å². The molecule has 10 heteroatoms. The maximum Gasteiger partial charge on any atom is 0.323 e. The summed E-state index contributed by atoms with van der Waals surface area (Å²) in [6, 6.07) is 19.6. The van der Waals surface area contributed by atoms with Crippen LogP contribution in [0, 0.1) is 12.3 Å². The third-order valence-corrected chi connectivity index (χ3v) is 8.56. The van der Waals surface area contributed by atoms with Gasteiger partial charge in [0.25, 0.3) is 0 Å². The molecule has 0 saturated carbocycles. The fraction of sp³-hybridized carbons (Fsp3) is 0.323. The van der Waals surface area contributed by atoms with E-state index in [0.717, 1.165) is 50.0 Å². The summed E-state index contributed by atoms with van der Waals surface area (Å²) in [5.41, 5.74) is 3.48. The first-order chi connectivity index (χ1) is 19.7. The minimum Gasteiger partial charge on any atom is -0.334 e. The van der Waals surface area contributed by atoms with E-state index in [1.54, 1.807) is 35.2 Å². The molecule has 1 spiro atoms. The average molecular weight is 595 g/mol. The van der Waals surface area contributed by atoms with Crippen molar-refractivity contribution in [2.45, 2.75) is 32.7 Å². The normalized spacial score (nSPS) is 18.8. The molecule has 0 aliphatic carbocycles. The van der Waals surface area contributed by atoms with Crippen molar-refractivity contribution in [3.8, 4) is 0 Å². The maximum atomic E-state index is 13.3. The van der Waals surface area contributed by atoms with Crippen molar-refractivity contribution >= 4 is 58.1 Å². The topological polar surface area (TPSA) is 93.8 Å². The van der Waals surface area contributed by atoms with E-state index >= 15 is 0 Å². The molecule has 41 heavy (non-hydrogen) atoms. The van der Waals surface area contributed by atoms with Gasteiger partial charge in [0.05, 0.1) is 10.0 Å². The molecule has 0 radical (unpaired) electrons. The highest BCUT2D eigenvalue weighted by Crippen LogP contribution is 2.40. The Bertz CT molecular complexity index is 1450. The summed E-state index contributed by atoms with van der Waals surface area (Å²) in [4.78, 5) is 42.8. The SMILES string of the molecule is Cc1ccc(NC(=O)Nc2ccccc2)cc1NC(=O)C(=O)N1CCCC2(CCN(Cc3ccc(Cl)c(Cl)c3)C2)C1. The van der Waals surface area contributed by atoms with Crippen molar-refractivity contribution in [2.24, 2.45) is 5.41 Å². The largest absolute Gasteiger partial charge is 0.334 e. The zero-order valence-corrected chi connectivity index (χ0v) is 24.4. The van der Waals surface area contributed by atoms with Gasteiger partial charge in [-0.25, -0.2) is 4.79 Å². The number of amides is 4. The van der Waals surface area contributed by atoms with Crippen molar-refractivity contribution in [3.63, 3.8) is 0 Å². The molecule has 5 rings (SSSR count). The first-order valence-corrected chi connectivity index (χ1v) is 14.5. The average Bonchev–Trinajstić information content (AvgIpc) is 3.33. The molecular weight excluding hydrogens is 561 g/mol. The highest BCUT2D eigenvalue weighted by atomic mass is 35.5. The van der Waals surface area contributed by atoms with Crippen LogP contribution in [0.3, 0.4) is 0 Å². The van der Waals surface area contributed by atoms with E-state index in [2.05, 4.69) is 20.9 Å². The highest BCUT2D eigenvalue weighted by Gasteiger charge is 2.43. The molecule has 0 aromatic heterocycles. The van der Waals surface area contributed by atoms with Crippen molar-refractivity contribution in [3.05, 3.63) is 87.9 Å². The van der Waals surface area contributed by atoms with E-state index in [4.69, 9.17) is 23.2 Å². The molecule has 2 fully saturated rings. The Morgan fingerprint density at radius 2 is 1.61 bits per heavy atom. The molecule has 214 valence electrons. The van der Waals surface area contributed by atoms with E-state index < -0.39 is 17.8 Å². The number of piperidine rings is 1. The number of para-hydroxylation sites is 1. The summed E-state index contributed by atoms with van der Waals surface area (Å²) < 4.78 is 0. The Morgan fingerprint density at radius 3 is 2.39 bits per heavy atom. The zero-order valence-electron chi connectivity index (χ0n) is 22.9. The van der Waals surface area contributed by atoms with Crippen molar-refractivity contribution in [2.75, 3.05) is 42.1 Å². The Kier molecular flexibility index (Phi) is 8.82. The number of carbonyl (C=O) groups is 3. The van der Waals surface area contributed by atoms with Gasteiger partial charge in [0.15, 0.2) is 0 Å². The van der Waals surface area contributed by atoms with Gasteiger partial charge in [-0.2, -0.15) is 0 Å². The first-order valence-electron chi connectivity index (χ1n) is 13.7. The fourth-order valence-electron chi connectivity index (χ4n) is 5.74. The van der Waals surface area contributed by atoms with Gasteiger partial charge in [0.2, 0.25) is 0 Å². The highest BCUT2D eigenvalue weighted by molar-refractivity contribution is 6.42. The lowest BCUT2D eigenvalue weighted by atomic mass is 9.79. The molecule has 1 unspecified atom stereocenters. The number of urea groups is 1. The minimum absolute atomic E-state index is 0.0315. The number of nitrogens with one attached hydrogen (secondary N) is 3. The smallest absolute Gasteiger partial charge is 0.323 e. The Morgan fingerprint density at radius 1 is 0.829 bits per heavy atom. The molecule has 0 bridgehead atoms. The lowest BCUT2D eigenvalue weighted by molar-refractivity contribution is -0.145. The maximum absolute atomic E-state index is 13.3. The number of halogens is 2. The molecule has 2 heterocycles. The van der Waals surface area contributed by atoms with Crippen LogP contribution in [-0.4, -0.2) is 53.8 Å². The number of hydrogen-bond acceptors (Lipinski definition) is 4. The van der Waals surface area contributed by atoms with Crippen LogP contribution >= 0.6 is 23.2 Å². The number of aryl methyl sites for hydroxylation is 1. The number of carbonyl (C=O) groups excluding carboxylic acids is 3. The van der Waals surface area contributed by atoms with Gasteiger partial charge in [-0.1, -0.05) is 53.5 Å². The molecule has 2 aliphatic heterocycles. The molecule has 2 aliphatic rings. The van der Waals surface area contributed by atoms with Gasteiger partial charge in [-0.15, -0.1) is 0 Å². The second kappa shape index (κ2) is 12.5. The van der Waals surface area contributed by atoms with E-state index in [1.165, 1.54) is 0 Å². The second-order valence-corrected chi connectivity index (χ2v) is 11.8. The summed E-state index contributed by atoms with van der Waals surface area (Å²) in [5, 5.41) is 9.38. The lowest BCUT2D eigenvalue weighted by Crippen LogP contribution is -2.50. The zero-order chi connectivity index (χ0) is 29.0. The monoisotopic (exact) mass is 593 g/mol. The van der Waals surface area contributed by atoms with Crippen molar-refractivity contribution in [1.29, 1.82) is 0 Å². The van der Waals surface area contributed by atoms with E-state index in [1.807, 2.05) is 43.3 Å². The van der Waals surface area contributed by atoms with Gasteiger partial charge in [-0.3, -0.25) is 14.5 Å². The van der Waals surface area contributed by atoms with Gasteiger partial charge >= 0.3 is 17.8 Å². The molecule has 4 amide bonds.